The van der Waals surface area contributed by atoms with Crippen LogP contribution in [0.15, 0.2) is 4.52 Å². The summed E-state index contributed by atoms with van der Waals surface area (Å²) in [7, 11) is 0. The molecule has 1 aliphatic rings. The molecule has 16 heavy (non-hydrogen) atoms. The van der Waals surface area contributed by atoms with E-state index in [-0.39, 0.29) is 0 Å². The summed E-state index contributed by atoms with van der Waals surface area (Å²) in [5.41, 5.74) is 6.00. The van der Waals surface area contributed by atoms with Gasteiger partial charge in [-0.05, 0) is 25.2 Å². The molecule has 4 heteroatoms. The molecule has 0 radical (unpaired) electrons. The Morgan fingerprint density at radius 2 is 2.19 bits per heavy atom. The maximum Gasteiger partial charge on any atom is 0.246 e. The Morgan fingerprint density at radius 3 is 2.69 bits per heavy atom. The molecule has 1 aromatic rings. The van der Waals surface area contributed by atoms with E-state index in [2.05, 4.69) is 30.9 Å². The van der Waals surface area contributed by atoms with Gasteiger partial charge in [0.2, 0.25) is 5.89 Å². The van der Waals surface area contributed by atoms with Gasteiger partial charge < -0.3 is 10.3 Å². The number of hydrogen-bond acceptors (Lipinski definition) is 4. The summed E-state index contributed by atoms with van der Waals surface area (Å²) in [5, 5.41) is 4.06. The van der Waals surface area contributed by atoms with E-state index in [1.807, 2.05) is 6.92 Å². The van der Waals surface area contributed by atoms with Crippen molar-refractivity contribution in [3.8, 4) is 0 Å². The molecular weight excluding hydrogens is 202 g/mol. The van der Waals surface area contributed by atoms with Crippen molar-refractivity contribution in [3.63, 3.8) is 0 Å². The normalized spacial score (nSPS) is 26.4. The van der Waals surface area contributed by atoms with Crippen LogP contribution in [-0.4, -0.2) is 10.1 Å². The fraction of sp³-hybridized carbons (Fsp3) is 0.833. The Balaban J connectivity index is 2.14. The molecule has 2 unspecified atom stereocenters. The first-order chi connectivity index (χ1) is 7.37. The van der Waals surface area contributed by atoms with Crippen LogP contribution >= 0.6 is 0 Å². The second-order valence-electron chi connectivity index (χ2n) is 5.87. The Bertz CT molecular complexity index is 381. The molecule has 1 aliphatic carbocycles. The van der Waals surface area contributed by atoms with Crippen molar-refractivity contribution in [2.24, 2.45) is 11.1 Å². The molecule has 0 aliphatic heterocycles. The van der Waals surface area contributed by atoms with Gasteiger partial charge in [0.05, 0.1) is 5.54 Å². The van der Waals surface area contributed by atoms with Crippen molar-refractivity contribution >= 4 is 0 Å². The molecule has 90 valence electrons. The highest BCUT2D eigenvalue weighted by atomic mass is 16.5. The van der Waals surface area contributed by atoms with Gasteiger partial charge in [-0.15, -0.1) is 0 Å². The number of rotatable bonds is 4. The third-order valence-electron chi connectivity index (χ3n) is 3.52. The Hall–Kier alpha value is -0.900. The summed E-state index contributed by atoms with van der Waals surface area (Å²) in [4.78, 5) is 4.46. The highest BCUT2D eigenvalue weighted by Gasteiger charge is 2.50. The number of hydrogen-bond donors (Lipinski definition) is 1. The van der Waals surface area contributed by atoms with Crippen LogP contribution in [0.25, 0.3) is 0 Å². The van der Waals surface area contributed by atoms with Crippen LogP contribution in [0.5, 0.6) is 0 Å². The lowest BCUT2D eigenvalue weighted by Gasteiger charge is -2.18. The smallest absolute Gasteiger partial charge is 0.246 e. The predicted molar refractivity (Wildman–Crippen MR) is 61.9 cm³/mol. The van der Waals surface area contributed by atoms with Crippen molar-refractivity contribution in [1.29, 1.82) is 0 Å². The first kappa shape index (κ1) is 11.6. The standard InChI is InChI=1S/C12H21N3O/c1-5-6-12(4,13)10-14-9(15-16-10)8-7-11(8,2)3/h8H,5-7,13H2,1-4H3. The van der Waals surface area contributed by atoms with Gasteiger partial charge in [0.15, 0.2) is 5.82 Å². The molecule has 0 bridgehead atoms. The molecule has 4 nitrogen and oxygen atoms in total. The lowest BCUT2D eigenvalue weighted by Crippen LogP contribution is -2.33. The maximum atomic E-state index is 6.15. The van der Waals surface area contributed by atoms with Crippen molar-refractivity contribution < 1.29 is 4.52 Å². The third kappa shape index (κ3) is 1.98. The summed E-state index contributed by atoms with van der Waals surface area (Å²) in [6.45, 7) is 8.50. The van der Waals surface area contributed by atoms with Gasteiger partial charge in [0, 0.05) is 5.92 Å². The van der Waals surface area contributed by atoms with Gasteiger partial charge in [-0.2, -0.15) is 4.98 Å². The van der Waals surface area contributed by atoms with Gasteiger partial charge in [0.25, 0.3) is 0 Å². The van der Waals surface area contributed by atoms with Crippen LogP contribution < -0.4 is 5.73 Å². The van der Waals surface area contributed by atoms with E-state index in [0.717, 1.165) is 25.1 Å². The SMILES string of the molecule is CCCC(C)(N)c1nc(C2CC2(C)C)no1. The fourth-order valence-electron chi connectivity index (χ4n) is 2.14. The first-order valence-corrected chi connectivity index (χ1v) is 6.00. The van der Waals surface area contributed by atoms with Crippen molar-refractivity contribution in [2.45, 2.75) is 58.4 Å². The van der Waals surface area contributed by atoms with Crippen LogP contribution in [0.1, 0.15) is 64.6 Å². The maximum absolute atomic E-state index is 6.15. The lowest BCUT2D eigenvalue weighted by atomic mass is 9.98. The molecule has 2 rings (SSSR count). The van der Waals surface area contributed by atoms with E-state index in [9.17, 15) is 0 Å². The average molecular weight is 223 g/mol. The van der Waals surface area contributed by atoms with Crippen LogP contribution in [0.3, 0.4) is 0 Å². The van der Waals surface area contributed by atoms with E-state index >= 15 is 0 Å². The van der Waals surface area contributed by atoms with E-state index in [4.69, 9.17) is 10.3 Å². The zero-order chi connectivity index (χ0) is 12.0. The number of nitrogens with two attached hydrogens (primary N) is 1. The monoisotopic (exact) mass is 223 g/mol. The first-order valence-electron chi connectivity index (χ1n) is 6.00. The van der Waals surface area contributed by atoms with Gasteiger partial charge in [-0.1, -0.05) is 32.3 Å². The zero-order valence-electron chi connectivity index (χ0n) is 10.6. The van der Waals surface area contributed by atoms with Gasteiger partial charge in [-0.25, -0.2) is 0 Å². The molecule has 2 atom stereocenters. The quantitative estimate of drug-likeness (QED) is 0.852. The molecule has 0 amide bonds. The average Bonchev–Trinajstić information content (AvgIpc) is 2.65. The summed E-state index contributed by atoms with van der Waals surface area (Å²) in [6.07, 6.45) is 3.02. The summed E-state index contributed by atoms with van der Waals surface area (Å²) >= 11 is 0. The third-order valence-corrected chi connectivity index (χ3v) is 3.52. The topological polar surface area (TPSA) is 64.9 Å². The van der Waals surface area contributed by atoms with Crippen LogP contribution in [0.4, 0.5) is 0 Å². The minimum Gasteiger partial charge on any atom is -0.337 e. The fourth-order valence-corrected chi connectivity index (χ4v) is 2.14. The van der Waals surface area contributed by atoms with E-state index in [1.165, 1.54) is 0 Å². The summed E-state index contributed by atoms with van der Waals surface area (Å²) in [6, 6.07) is 0. The molecule has 1 aromatic heterocycles. The molecule has 2 N–H and O–H groups in total. The molecule has 1 saturated carbocycles. The van der Waals surface area contributed by atoms with Gasteiger partial charge in [0.1, 0.15) is 0 Å². The molecule has 0 saturated heterocycles. The van der Waals surface area contributed by atoms with Crippen LogP contribution in [0, 0.1) is 5.41 Å². The van der Waals surface area contributed by atoms with Crippen LogP contribution in [-0.2, 0) is 5.54 Å². The van der Waals surface area contributed by atoms with Crippen LogP contribution in [0.2, 0.25) is 0 Å². The van der Waals surface area contributed by atoms with Gasteiger partial charge in [-0.3, -0.25) is 0 Å². The Kier molecular flexibility index (Phi) is 2.57. The van der Waals surface area contributed by atoms with Crippen molar-refractivity contribution in [3.05, 3.63) is 11.7 Å². The van der Waals surface area contributed by atoms with E-state index in [0.29, 0.717) is 17.2 Å². The highest BCUT2D eigenvalue weighted by Crippen LogP contribution is 2.57. The Morgan fingerprint density at radius 1 is 1.56 bits per heavy atom. The summed E-state index contributed by atoms with van der Waals surface area (Å²) < 4.78 is 5.29. The lowest BCUT2D eigenvalue weighted by molar-refractivity contribution is 0.282. The van der Waals surface area contributed by atoms with Gasteiger partial charge >= 0.3 is 0 Å². The predicted octanol–water partition coefficient (Wildman–Crippen LogP) is 2.56. The minimum atomic E-state index is -0.487. The van der Waals surface area contributed by atoms with Crippen molar-refractivity contribution in [1.82, 2.24) is 10.1 Å². The Labute approximate surface area is 96.6 Å². The van der Waals surface area contributed by atoms with Crippen molar-refractivity contribution in [2.75, 3.05) is 0 Å². The minimum absolute atomic E-state index is 0.330. The zero-order valence-corrected chi connectivity index (χ0v) is 10.6. The van der Waals surface area contributed by atoms with E-state index < -0.39 is 5.54 Å². The second kappa shape index (κ2) is 3.55. The summed E-state index contributed by atoms with van der Waals surface area (Å²) in [5.74, 6) is 1.85. The second-order valence-corrected chi connectivity index (χ2v) is 5.87. The number of nitrogens with zero attached hydrogens (tertiary/aromatic N) is 2. The largest absolute Gasteiger partial charge is 0.337 e. The molecular formula is C12H21N3O. The molecule has 0 spiro atoms. The van der Waals surface area contributed by atoms with E-state index in [1.54, 1.807) is 0 Å². The number of aromatic nitrogens is 2. The molecule has 0 aromatic carbocycles. The highest BCUT2D eigenvalue weighted by molar-refractivity contribution is 5.15. The molecule has 1 heterocycles. The molecule has 1 fully saturated rings.